The minimum Gasteiger partial charge on any atom is -0.490 e. The summed E-state index contributed by atoms with van der Waals surface area (Å²) in [7, 11) is 0. The maximum absolute atomic E-state index is 11.6. The number of hydrogen-bond donors (Lipinski definition) is 1. The van der Waals surface area contributed by atoms with Gasteiger partial charge in [-0.2, -0.15) is 0 Å². The first-order chi connectivity index (χ1) is 7.29. The molecule has 0 aromatic carbocycles. The van der Waals surface area contributed by atoms with Crippen molar-refractivity contribution in [3.63, 3.8) is 0 Å². The van der Waals surface area contributed by atoms with Crippen LogP contribution >= 0.6 is 0 Å². The summed E-state index contributed by atoms with van der Waals surface area (Å²) < 4.78 is 6.61. The molecule has 0 bridgehead atoms. The lowest BCUT2D eigenvalue weighted by molar-refractivity contribution is -0.119. The Morgan fingerprint density at radius 3 is 3.13 bits per heavy atom. The molecule has 1 aliphatic rings. The van der Waals surface area contributed by atoms with Crippen molar-refractivity contribution in [2.45, 2.75) is 19.5 Å². The number of hydrogen-bond acceptors (Lipinski definition) is 5. The lowest BCUT2D eigenvalue weighted by Crippen LogP contribution is -2.13. The van der Waals surface area contributed by atoms with Crippen LogP contribution in [0.25, 0.3) is 0 Å². The fraction of sp³-hybridized carbons (Fsp3) is 0.444. The highest BCUT2D eigenvalue weighted by atomic mass is 16.5. The van der Waals surface area contributed by atoms with E-state index in [1.165, 1.54) is 4.68 Å². The summed E-state index contributed by atoms with van der Waals surface area (Å²) in [5.41, 5.74) is 6.05. The lowest BCUT2D eigenvalue weighted by atomic mass is 10.3. The van der Waals surface area contributed by atoms with Crippen LogP contribution in [0.1, 0.15) is 12.1 Å². The normalized spacial score (nSPS) is 14.9. The molecule has 0 fully saturated rings. The highest BCUT2D eigenvalue weighted by molar-refractivity contribution is 5.93. The molecule has 0 saturated heterocycles. The van der Waals surface area contributed by atoms with Crippen molar-refractivity contribution in [3.8, 4) is 0 Å². The smallest absolute Gasteiger partial charge is 0.218 e. The first-order valence-corrected chi connectivity index (χ1v) is 4.75. The highest BCUT2D eigenvalue weighted by Gasteiger charge is 2.15. The van der Waals surface area contributed by atoms with Gasteiger partial charge in [-0.3, -0.25) is 4.79 Å². The van der Waals surface area contributed by atoms with E-state index in [9.17, 15) is 4.79 Å². The molecule has 0 radical (unpaired) electrons. The van der Waals surface area contributed by atoms with E-state index in [0.717, 1.165) is 6.42 Å². The molecule has 2 N–H and O–H groups in total. The molecule has 1 aromatic rings. The number of allylic oxidation sites excluding steroid dienone is 1. The van der Waals surface area contributed by atoms with Gasteiger partial charge in [0.2, 0.25) is 5.78 Å². The Kier molecular flexibility index (Phi) is 2.77. The molecule has 6 heteroatoms. The quantitative estimate of drug-likeness (QED) is 0.728. The average Bonchev–Trinajstić information content (AvgIpc) is 2.87. The van der Waals surface area contributed by atoms with Gasteiger partial charge in [-0.05, 0) is 6.08 Å². The maximum Gasteiger partial charge on any atom is 0.218 e. The monoisotopic (exact) mass is 208 g/mol. The van der Waals surface area contributed by atoms with Gasteiger partial charge in [-0.1, -0.05) is 5.21 Å². The molecule has 0 unspecified atom stereocenters. The van der Waals surface area contributed by atoms with E-state index in [1.54, 1.807) is 12.3 Å². The molecular weight excluding hydrogens is 196 g/mol. The molecule has 0 amide bonds. The molecule has 15 heavy (non-hydrogen) atoms. The second-order valence-electron chi connectivity index (χ2n) is 3.24. The Morgan fingerprint density at radius 1 is 1.67 bits per heavy atom. The van der Waals surface area contributed by atoms with Crippen LogP contribution < -0.4 is 5.73 Å². The number of carbonyl (C=O) groups is 1. The van der Waals surface area contributed by atoms with Crippen molar-refractivity contribution in [3.05, 3.63) is 23.7 Å². The highest BCUT2D eigenvalue weighted by Crippen LogP contribution is 2.10. The number of ketones is 1. The number of nitrogens with two attached hydrogens (primary N) is 1. The Morgan fingerprint density at radius 2 is 2.53 bits per heavy atom. The Bertz CT molecular complexity index is 397. The first kappa shape index (κ1) is 9.85. The Balaban J connectivity index is 1.99. The fourth-order valence-electron chi connectivity index (χ4n) is 1.35. The molecular formula is C9H12N4O2. The van der Waals surface area contributed by atoms with Crippen molar-refractivity contribution in [1.82, 2.24) is 15.0 Å². The SMILES string of the molecule is NCc1cn(CC(=O)C2=CCCO2)nn1. The van der Waals surface area contributed by atoms with Gasteiger partial charge < -0.3 is 10.5 Å². The molecule has 6 nitrogen and oxygen atoms in total. The van der Waals surface area contributed by atoms with E-state index in [4.69, 9.17) is 10.5 Å². The third kappa shape index (κ3) is 2.21. The zero-order valence-corrected chi connectivity index (χ0v) is 8.22. The summed E-state index contributed by atoms with van der Waals surface area (Å²) in [6.45, 7) is 1.07. The zero-order chi connectivity index (χ0) is 10.7. The average molecular weight is 208 g/mol. The molecule has 80 valence electrons. The molecule has 2 heterocycles. The maximum atomic E-state index is 11.6. The topological polar surface area (TPSA) is 83.0 Å². The minimum atomic E-state index is -0.0824. The van der Waals surface area contributed by atoms with E-state index in [1.807, 2.05) is 0 Å². The number of ether oxygens (including phenoxy) is 1. The third-order valence-electron chi connectivity index (χ3n) is 2.08. The van der Waals surface area contributed by atoms with Gasteiger partial charge in [0.25, 0.3) is 0 Å². The van der Waals surface area contributed by atoms with Gasteiger partial charge in [-0.15, -0.1) is 5.10 Å². The van der Waals surface area contributed by atoms with Gasteiger partial charge in [0, 0.05) is 13.0 Å². The van der Waals surface area contributed by atoms with Gasteiger partial charge in [0.15, 0.2) is 5.76 Å². The van der Waals surface area contributed by atoms with Crippen molar-refractivity contribution < 1.29 is 9.53 Å². The summed E-state index contributed by atoms with van der Waals surface area (Å²) in [4.78, 5) is 11.6. The first-order valence-electron chi connectivity index (χ1n) is 4.75. The molecule has 0 saturated carbocycles. The molecule has 0 spiro atoms. The lowest BCUT2D eigenvalue weighted by Gasteiger charge is -2.01. The molecule has 2 rings (SSSR count). The van der Waals surface area contributed by atoms with Crippen LogP contribution in [0, 0.1) is 0 Å². The Hall–Kier alpha value is -1.69. The molecule has 0 atom stereocenters. The van der Waals surface area contributed by atoms with Crippen LogP contribution in [0.5, 0.6) is 0 Å². The largest absolute Gasteiger partial charge is 0.490 e. The van der Waals surface area contributed by atoms with Crippen molar-refractivity contribution in [2.24, 2.45) is 5.73 Å². The van der Waals surface area contributed by atoms with Crippen LogP contribution in [-0.4, -0.2) is 27.4 Å². The molecule has 1 aromatic heterocycles. The van der Waals surface area contributed by atoms with Gasteiger partial charge in [-0.25, -0.2) is 4.68 Å². The zero-order valence-electron chi connectivity index (χ0n) is 8.22. The van der Waals surface area contributed by atoms with Crippen LogP contribution in [0.4, 0.5) is 0 Å². The summed E-state index contributed by atoms with van der Waals surface area (Å²) in [6, 6.07) is 0. The van der Waals surface area contributed by atoms with E-state index < -0.39 is 0 Å². The number of carbonyl (C=O) groups excluding carboxylic acids is 1. The number of aromatic nitrogens is 3. The van der Waals surface area contributed by atoms with Gasteiger partial charge in [0.05, 0.1) is 18.5 Å². The van der Waals surface area contributed by atoms with Crippen LogP contribution in [0.15, 0.2) is 18.0 Å². The number of Topliss-reactive ketones (excluding diaryl/α,β-unsaturated/α-hetero) is 1. The Labute approximate surface area is 86.7 Å². The number of nitrogens with zero attached hydrogens (tertiary/aromatic N) is 3. The van der Waals surface area contributed by atoms with Crippen molar-refractivity contribution >= 4 is 5.78 Å². The van der Waals surface area contributed by atoms with E-state index in [0.29, 0.717) is 24.6 Å². The summed E-state index contributed by atoms with van der Waals surface area (Å²) in [5.74, 6) is 0.348. The van der Waals surface area contributed by atoms with Gasteiger partial charge >= 0.3 is 0 Å². The van der Waals surface area contributed by atoms with E-state index >= 15 is 0 Å². The van der Waals surface area contributed by atoms with Crippen LogP contribution in [0.3, 0.4) is 0 Å². The molecule has 1 aliphatic heterocycles. The summed E-state index contributed by atoms with van der Waals surface area (Å²) in [6.07, 6.45) is 4.25. The minimum absolute atomic E-state index is 0.0824. The fourth-order valence-corrected chi connectivity index (χ4v) is 1.35. The summed E-state index contributed by atoms with van der Waals surface area (Å²) >= 11 is 0. The number of rotatable bonds is 4. The second-order valence-corrected chi connectivity index (χ2v) is 3.24. The van der Waals surface area contributed by atoms with Crippen LogP contribution in [-0.2, 0) is 22.6 Å². The predicted molar refractivity (Wildman–Crippen MR) is 51.6 cm³/mol. The third-order valence-corrected chi connectivity index (χ3v) is 2.08. The molecule has 0 aliphatic carbocycles. The second kappa shape index (κ2) is 4.22. The van der Waals surface area contributed by atoms with Crippen molar-refractivity contribution in [2.75, 3.05) is 6.61 Å². The predicted octanol–water partition coefficient (Wildman–Crippen LogP) is -0.390. The summed E-state index contributed by atoms with van der Waals surface area (Å²) in [5, 5.41) is 7.57. The van der Waals surface area contributed by atoms with Crippen LogP contribution in [0.2, 0.25) is 0 Å². The van der Waals surface area contributed by atoms with E-state index in [2.05, 4.69) is 10.3 Å². The van der Waals surface area contributed by atoms with Crippen molar-refractivity contribution in [1.29, 1.82) is 0 Å². The standard InChI is InChI=1S/C9H12N4O2/c10-4-7-5-13(12-11-7)6-8(14)9-2-1-3-15-9/h2,5H,1,3-4,6,10H2. The van der Waals surface area contributed by atoms with Gasteiger partial charge in [0.1, 0.15) is 6.54 Å². The van der Waals surface area contributed by atoms with E-state index in [-0.39, 0.29) is 12.3 Å².